The summed E-state index contributed by atoms with van der Waals surface area (Å²) in [4.78, 5) is 18.9. The van der Waals surface area contributed by atoms with Gasteiger partial charge < -0.3 is 25.6 Å². The van der Waals surface area contributed by atoms with Crippen molar-refractivity contribution >= 4 is 41.7 Å². The van der Waals surface area contributed by atoms with E-state index in [1.165, 1.54) is 0 Å². The maximum absolute atomic E-state index is 12.3. The van der Waals surface area contributed by atoms with E-state index in [2.05, 4.69) is 16.0 Å². The second-order valence-corrected chi connectivity index (χ2v) is 7.41. The molecule has 0 saturated carbocycles. The van der Waals surface area contributed by atoms with E-state index < -0.39 is 0 Å². The zero-order chi connectivity index (χ0) is 21.9. The Labute approximate surface area is 208 Å². The van der Waals surface area contributed by atoms with Crippen molar-refractivity contribution in [3.8, 4) is 5.75 Å². The van der Waals surface area contributed by atoms with Crippen LogP contribution in [0.4, 0.5) is 10.5 Å². The minimum absolute atomic E-state index is 0. The SMILES string of the molecule is CCNC(=NCc1cccc(NC(=O)N2CCCC2)c1)NCc1ccccc1OCC.I. The summed E-state index contributed by atoms with van der Waals surface area (Å²) in [7, 11) is 0. The number of guanidine groups is 1. The molecule has 32 heavy (non-hydrogen) atoms. The van der Waals surface area contributed by atoms with E-state index in [-0.39, 0.29) is 30.0 Å². The third-order valence-corrected chi connectivity index (χ3v) is 5.05. The lowest BCUT2D eigenvalue weighted by molar-refractivity contribution is 0.222. The van der Waals surface area contributed by atoms with Crippen LogP contribution in [0.1, 0.15) is 37.8 Å². The maximum atomic E-state index is 12.3. The van der Waals surface area contributed by atoms with Crippen LogP contribution < -0.4 is 20.7 Å². The van der Waals surface area contributed by atoms with Crippen LogP contribution in [0.3, 0.4) is 0 Å². The number of hydrogen-bond donors (Lipinski definition) is 3. The zero-order valence-corrected chi connectivity index (χ0v) is 21.2. The lowest BCUT2D eigenvalue weighted by Gasteiger charge is -2.16. The monoisotopic (exact) mass is 551 g/mol. The average molecular weight is 551 g/mol. The highest BCUT2D eigenvalue weighted by molar-refractivity contribution is 14.0. The van der Waals surface area contributed by atoms with Crippen LogP contribution in [0.25, 0.3) is 0 Å². The fourth-order valence-electron chi connectivity index (χ4n) is 3.51. The van der Waals surface area contributed by atoms with Gasteiger partial charge in [-0.25, -0.2) is 9.79 Å². The number of ether oxygens (including phenoxy) is 1. The largest absolute Gasteiger partial charge is 0.494 e. The molecule has 0 bridgehead atoms. The molecule has 2 aromatic rings. The molecule has 0 unspecified atom stereocenters. The number of nitrogens with zero attached hydrogens (tertiary/aromatic N) is 2. The van der Waals surface area contributed by atoms with Gasteiger partial charge in [0.15, 0.2) is 5.96 Å². The normalized spacial score (nSPS) is 13.3. The summed E-state index contributed by atoms with van der Waals surface area (Å²) in [5.41, 5.74) is 2.92. The van der Waals surface area contributed by atoms with E-state index >= 15 is 0 Å². The van der Waals surface area contributed by atoms with Crippen LogP contribution in [0.2, 0.25) is 0 Å². The van der Waals surface area contributed by atoms with Gasteiger partial charge in [-0.15, -0.1) is 24.0 Å². The number of anilines is 1. The summed E-state index contributed by atoms with van der Waals surface area (Å²) in [5.74, 6) is 1.62. The lowest BCUT2D eigenvalue weighted by atomic mass is 10.2. The van der Waals surface area contributed by atoms with Gasteiger partial charge in [0.25, 0.3) is 0 Å². The van der Waals surface area contributed by atoms with Crippen molar-refractivity contribution < 1.29 is 9.53 Å². The molecule has 3 rings (SSSR count). The number of nitrogens with one attached hydrogen (secondary N) is 3. The summed E-state index contributed by atoms with van der Waals surface area (Å²) < 4.78 is 5.70. The molecule has 1 aliphatic heterocycles. The van der Waals surface area contributed by atoms with E-state index in [1.54, 1.807) is 0 Å². The molecule has 1 saturated heterocycles. The zero-order valence-electron chi connectivity index (χ0n) is 18.9. The Kier molecular flexibility index (Phi) is 11.1. The van der Waals surface area contributed by atoms with Gasteiger partial charge in [0.2, 0.25) is 0 Å². The van der Waals surface area contributed by atoms with Crippen molar-refractivity contribution in [3.63, 3.8) is 0 Å². The summed E-state index contributed by atoms with van der Waals surface area (Å²) in [5, 5.41) is 9.65. The molecular weight excluding hydrogens is 517 g/mol. The highest BCUT2D eigenvalue weighted by Crippen LogP contribution is 2.18. The number of carbonyl (C=O) groups excluding carboxylic acids is 1. The molecule has 1 aliphatic rings. The Morgan fingerprint density at radius 3 is 2.59 bits per heavy atom. The van der Waals surface area contributed by atoms with E-state index in [0.29, 0.717) is 19.7 Å². The first-order valence-electron chi connectivity index (χ1n) is 11.1. The van der Waals surface area contributed by atoms with Crippen LogP contribution >= 0.6 is 24.0 Å². The number of amides is 2. The molecule has 7 nitrogen and oxygen atoms in total. The van der Waals surface area contributed by atoms with Gasteiger partial charge in [-0.2, -0.15) is 0 Å². The topological polar surface area (TPSA) is 78.0 Å². The third kappa shape index (κ3) is 7.89. The molecule has 2 amide bonds. The number of halogens is 1. The molecule has 1 fully saturated rings. The van der Waals surface area contributed by atoms with E-state index in [9.17, 15) is 4.79 Å². The van der Waals surface area contributed by atoms with Gasteiger partial charge in [-0.3, -0.25) is 0 Å². The Morgan fingerprint density at radius 2 is 1.84 bits per heavy atom. The molecule has 2 aromatic carbocycles. The average Bonchev–Trinajstić information content (AvgIpc) is 3.32. The van der Waals surface area contributed by atoms with Gasteiger partial charge in [-0.1, -0.05) is 30.3 Å². The Bertz CT molecular complexity index is 884. The second-order valence-electron chi connectivity index (χ2n) is 7.41. The fraction of sp³-hybridized carbons (Fsp3) is 0.417. The number of benzene rings is 2. The van der Waals surface area contributed by atoms with Gasteiger partial charge in [0, 0.05) is 37.4 Å². The van der Waals surface area contributed by atoms with Gasteiger partial charge in [0.05, 0.1) is 13.2 Å². The molecule has 0 radical (unpaired) electrons. The molecule has 1 heterocycles. The number of aliphatic imine (C=N–C) groups is 1. The number of rotatable bonds is 8. The predicted octanol–water partition coefficient (Wildman–Crippen LogP) is 4.59. The molecule has 0 atom stereocenters. The standard InChI is InChI=1S/C24H33N5O2.HI/c1-3-25-23(27-18-20-11-5-6-13-22(20)31-4-2)26-17-19-10-9-12-21(16-19)28-24(30)29-14-7-8-15-29;/h5-6,9-13,16H,3-4,7-8,14-15,17-18H2,1-2H3,(H,28,30)(H2,25,26,27);1H. The molecule has 0 spiro atoms. The number of hydrogen-bond acceptors (Lipinski definition) is 3. The minimum Gasteiger partial charge on any atom is -0.494 e. The summed E-state index contributed by atoms with van der Waals surface area (Å²) in [6.07, 6.45) is 2.16. The van der Waals surface area contributed by atoms with Crippen molar-refractivity contribution in [2.45, 2.75) is 39.8 Å². The highest BCUT2D eigenvalue weighted by Gasteiger charge is 2.17. The van der Waals surface area contributed by atoms with Crippen molar-refractivity contribution in [3.05, 3.63) is 59.7 Å². The van der Waals surface area contributed by atoms with Gasteiger partial charge in [0.1, 0.15) is 5.75 Å². The summed E-state index contributed by atoms with van der Waals surface area (Å²) in [6.45, 7) is 8.22. The predicted molar refractivity (Wildman–Crippen MR) is 141 cm³/mol. The Balaban J connectivity index is 0.00000363. The molecule has 174 valence electrons. The Morgan fingerprint density at radius 1 is 1.06 bits per heavy atom. The lowest BCUT2D eigenvalue weighted by Crippen LogP contribution is -2.36. The highest BCUT2D eigenvalue weighted by atomic mass is 127. The van der Waals surface area contributed by atoms with E-state index in [0.717, 1.165) is 61.0 Å². The smallest absolute Gasteiger partial charge is 0.321 e. The maximum Gasteiger partial charge on any atom is 0.321 e. The number of carbonyl (C=O) groups is 1. The first kappa shape index (κ1) is 25.8. The number of para-hydroxylation sites is 1. The number of urea groups is 1. The summed E-state index contributed by atoms with van der Waals surface area (Å²) >= 11 is 0. The van der Waals surface area contributed by atoms with Crippen LogP contribution in [-0.2, 0) is 13.1 Å². The quantitative estimate of drug-likeness (QED) is 0.255. The molecule has 3 N–H and O–H groups in total. The first-order valence-corrected chi connectivity index (χ1v) is 11.1. The van der Waals surface area contributed by atoms with Crippen molar-refractivity contribution in [1.29, 1.82) is 0 Å². The fourth-order valence-corrected chi connectivity index (χ4v) is 3.51. The second kappa shape index (κ2) is 13.8. The first-order chi connectivity index (χ1) is 15.2. The minimum atomic E-state index is -0.0267. The molecule has 0 aliphatic carbocycles. The van der Waals surface area contributed by atoms with Crippen LogP contribution in [0.15, 0.2) is 53.5 Å². The molecule has 8 heteroatoms. The summed E-state index contributed by atoms with van der Waals surface area (Å²) in [6, 6.07) is 15.8. The van der Waals surface area contributed by atoms with Crippen molar-refractivity contribution in [2.75, 3.05) is 31.6 Å². The van der Waals surface area contributed by atoms with Crippen LogP contribution in [0.5, 0.6) is 5.75 Å². The van der Waals surface area contributed by atoms with Crippen LogP contribution in [-0.4, -0.2) is 43.1 Å². The van der Waals surface area contributed by atoms with Crippen molar-refractivity contribution in [1.82, 2.24) is 15.5 Å². The molecular formula is C24H34IN5O2. The third-order valence-electron chi connectivity index (χ3n) is 5.05. The van der Waals surface area contributed by atoms with E-state index in [4.69, 9.17) is 9.73 Å². The van der Waals surface area contributed by atoms with Gasteiger partial charge >= 0.3 is 6.03 Å². The van der Waals surface area contributed by atoms with Crippen molar-refractivity contribution in [2.24, 2.45) is 4.99 Å². The van der Waals surface area contributed by atoms with E-state index in [1.807, 2.05) is 67.3 Å². The van der Waals surface area contributed by atoms with Gasteiger partial charge in [-0.05, 0) is 50.5 Å². The van der Waals surface area contributed by atoms with Crippen LogP contribution in [0, 0.1) is 0 Å². The molecule has 0 aromatic heterocycles. The Hall–Kier alpha value is -2.49. The number of likely N-dealkylation sites (tertiary alicyclic amines) is 1.